The van der Waals surface area contributed by atoms with Gasteiger partial charge in [-0.2, -0.15) is 0 Å². The zero-order valence-electron chi connectivity index (χ0n) is 10.8. The minimum Gasteiger partial charge on any atom is -0.463 e. The van der Waals surface area contributed by atoms with E-state index < -0.39 is 0 Å². The van der Waals surface area contributed by atoms with Crippen LogP contribution in [0.3, 0.4) is 0 Å². The molecule has 1 aliphatic heterocycles. The van der Waals surface area contributed by atoms with Crippen molar-refractivity contribution in [3.8, 4) is 5.75 Å². The summed E-state index contributed by atoms with van der Waals surface area (Å²) in [5, 5.41) is 0. The molecule has 0 fully saturated rings. The van der Waals surface area contributed by atoms with Gasteiger partial charge in [-0.15, -0.1) is 0 Å². The summed E-state index contributed by atoms with van der Waals surface area (Å²) >= 11 is 0. The van der Waals surface area contributed by atoms with Gasteiger partial charge in [-0.05, 0) is 38.5 Å². The SMILES string of the molecule is CCOC(=O)/C(C)=C1\C=C(C)c2ccccc2O1. The van der Waals surface area contributed by atoms with Gasteiger partial charge >= 0.3 is 5.97 Å². The van der Waals surface area contributed by atoms with Crippen LogP contribution in [0.15, 0.2) is 41.7 Å². The molecule has 1 heterocycles. The third-order valence-corrected chi connectivity index (χ3v) is 2.83. The Morgan fingerprint density at radius 3 is 2.78 bits per heavy atom. The quantitative estimate of drug-likeness (QED) is 0.591. The summed E-state index contributed by atoms with van der Waals surface area (Å²) in [4.78, 5) is 11.7. The maximum Gasteiger partial charge on any atom is 0.337 e. The molecule has 0 N–H and O–H groups in total. The smallest absolute Gasteiger partial charge is 0.337 e. The Labute approximate surface area is 107 Å². The molecule has 1 aromatic carbocycles. The van der Waals surface area contributed by atoms with Crippen molar-refractivity contribution in [2.75, 3.05) is 6.61 Å². The fraction of sp³-hybridized carbons (Fsp3) is 0.267. The topological polar surface area (TPSA) is 35.5 Å². The summed E-state index contributed by atoms with van der Waals surface area (Å²) in [6, 6.07) is 7.77. The average molecular weight is 244 g/mol. The lowest BCUT2D eigenvalue weighted by molar-refractivity contribution is -0.138. The van der Waals surface area contributed by atoms with E-state index in [1.165, 1.54) is 0 Å². The molecule has 0 bridgehead atoms. The van der Waals surface area contributed by atoms with Crippen molar-refractivity contribution >= 4 is 11.5 Å². The number of rotatable bonds is 2. The molecule has 0 unspecified atom stereocenters. The third kappa shape index (κ3) is 2.30. The largest absolute Gasteiger partial charge is 0.463 e. The predicted molar refractivity (Wildman–Crippen MR) is 70.1 cm³/mol. The predicted octanol–water partition coefficient (Wildman–Crippen LogP) is 3.32. The van der Waals surface area contributed by atoms with Crippen LogP contribution in [-0.2, 0) is 9.53 Å². The molecule has 2 rings (SSSR count). The van der Waals surface area contributed by atoms with E-state index in [0.29, 0.717) is 17.9 Å². The van der Waals surface area contributed by atoms with Crippen LogP contribution < -0.4 is 4.74 Å². The molecule has 0 radical (unpaired) electrons. The van der Waals surface area contributed by atoms with Crippen LogP contribution in [0.1, 0.15) is 26.3 Å². The van der Waals surface area contributed by atoms with Gasteiger partial charge < -0.3 is 9.47 Å². The number of para-hydroxylation sites is 1. The number of hydrogen-bond donors (Lipinski definition) is 0. The summed E-state index contributed by atoms with van der Waals surface area (Å²) in [6.07, 6.45) is 1.87. The van der Waals surface area contributed by atoms with E-state index in [-0.39, 0.29) is 5.97 Å². The first-order chi connectivity index (χ1) is 8.63. The van der Waals surface area contributed by atoms with Crippen molar-refractivity contribution in [1.29, 1.82) is 0 Å². The zero-order valence-corrected chi connectivity index (χ0v) is 10.8. The lowest BCUT2D eigenvalue weighted by Crippen LogP contribution is -2.12. The minimum atomic E-state index is -0.337. The highest BCUT2D eigenvalue weighted by atomic mass is 16.5. The fourth-order valence-electron chi connectivity index (χ4n) is 1.83. The lowest BCUT2D eigenvalue weighted by atomic mass is 10.0. The molecule has 0 amide bonds. The molecule has 0 aliphatic carbocycles. The maximum absolute atomic E-state index is 11.7. The second-order valence-corrected chi connectivity index (χ2v) is 4.14. The van der Waals surface area contributed by atoms with Crippen LogP contribution in [0.4, 0.5) is 0 Å². The van der Waals surface area contributed by atoms with Crippen LogP contribution >= 0.6 is 0 Å². The van der Waals surface area contributed by atoms with E-state index in [2.05, 4.69) is 0 Å². The van der Waals surface area contributed by atoms with Crippen LogP contribution in [0, 0.1) is 0 Å². The molecule has 0 saturated carbocycles. The summed E-state index contributed by atoms with van der Waals surface area (Å²) in [5.74, 6) is 0.997. The standard InChI is InChI=1S/C15H16O3/c1-4-17-15(16)11(3)14-9-10(2)12-7-5-6-8-13(12)18-14/h5-9H,4H2,1-3H3/b14-11+. The van der Waals surface area contributed by atoms with Crippen molar-refractivity contribution in [2.24, 2.45) is 0 Å². The van der Waals surface area contributed by atoms with Gasteiger partial charge in [-0.25, -0.2) is 4.79 Å². The van der Waals surface area contributed by atoms with Gasteiger partial charge in [0.15, 0.2) is 0 Å². The Kier molecular flexibility index (Phi) is 3.51. The summed E-state index contributed by atoms with van der Waals surface area (Å²) in [6.45, 7) is 5.86. The van der Waals surface area contributed by atoms with Crippen molar-refractivity contribution in [3.63, 3.8) is 0 Å². The Morgan fingerprint density at radius 1 is 1.33 bits per heavy atom. The molecule has 1 aromatic rings. The number of carbonyl (C=O) groups excluding carboxylic acids is 1. The maximum atomic E-state index is 11.7. The first-order valence-electron chi connectivity index (χ1n) is 5.97. The Morgan fingerprint density at radius 2 is 2.06 bits per heavy atom. The van der Waals surface area contributed by atoms with Gasteiger partial charge in [0, 0.05) is 5.56 Å². The van der Waals surface area contributed by atoms with Gasteiger partial charge in [0.25, 0.3) is 0 Å². The van der Waals surface area contributed by atoms with Crippen LogP contribution in [-0.4, -0.2) is 12.6 Å². The molecule has 1 aliphatic rings. The minimum absolute atomic E-state index is 0.337. The van der Waals surface area contributed by atoms with Gasteiger partial charge in [-0.3, -0.25) is 0 Å². The molecule has 0 aromatic heterocycles. The number of carbonyl (C=O) groups is 1. The summed E-state index contributed by atoms with van der Waals surface area (Å²) < 4.78 is 10.7. The van der Waals surface area contributed by atoms with Crippen molar-refractivity contribution < 1.29 is 14.3 Å². The Hall–Kier alpha value is -2.03. The van der Waals surface area contributed by atoms with E-state index in [4.69, 9.17) is 9.47 Å². The van der Waals surface area contributed by atoms with Crippen molar-refractivity contribution in [2.45, 2.75) is 20.8 Å². The second kappa shape index (κ2) is 5.08. The monoisotopic (exact) mass is 244 g/mol. The molecule has 18 heavy (non-hydrogen) atoms. The zero-order chi connectivity index (χ0) is 13.1. The van der Waals surface area contributed by atoms with Crippen molar-refractivity contribution in [3.05, 3.63) is 47.2 Å². The van der Waals surface area contributed by atoms with Gasteiger partial charge in [0.2, 0.25) is 0 Å². The molecule has 3 nitrogen and oxygen atoms in total. The van der Waals surface area contributed by atoms with Gasteiger partial charge in [0.05, 0.1) is 12.2 Å². The molecule has 94 valence electrons. The Bertz CT molecular complexity index is 538. The molecular formula is C15H16O3. The number of fused-ring (bicyclic) bond motifs is 1. The van der Waals surface area contributed by atoms with Gasteiger partial charge in [-0.1, -0.05) is 18.2 Å². The molecule has 0 spiro atoms. The number of hydrogen-bond acceptors (Lipinski definition) is 3. The first-order valence-corrected chi connectivity index (χ1v) is 5.97. The number of allylic oxidation sites excluding steroid dienone is 2. The molecule has 0 atom stereocenters. The number of esters is 1. The highest BCUT2D eigenvalue weighted by Gasteiger charge is 2.18. The van der Waals surface area contributed by atoms with E-state index in [1.54, 1.807) is 13.8 Å². The summed E-state index contributed by atoms with van der Waals surface area (Å²) in [7, 11) is 0. The van der Waals surface area contributed by atoms with Gasteiger partial charge in [0.1, 0.15) is 11.5 Å². The van der Waals surface area contributed by atoms with E-state index in [9.17, 15) is 4.79 Å². The van der Waals surface area contributed by atoms with Crippen molar-refractivity contribution in [1.82, 2.24) is 0 Å². The number of benzene rings is 1. The van der Waals surface area contributed by atoms with E-state index in [1.807, 2.05) is 37.3 Å². The van der Waals surface area contributed by atoms with Crippen LogP contribution in [0.2, 0.25) is 0 Å². The highest BCUT2D eigenvalue weighted by molar-refractivity contribution is 5.90. The Balaban J connectivity index is 2.38. The third-order valence-electron chi connectivity index (χ3n) is 2.83. The molecule has 3 heteroatoms. The highest BCUT2D eigenvalue weighted by Crippen LogP contribution is 2.33. The second-order valence-electron chi connectivity index (χ2n) is 4.14. The summed E-state index contributed by atoms with van der Waals surface area (Å²) in [5.41, 5.74) is 2.62. The fourth-order valence-corrected chi connectivity index (χ4v) is 1.83. The molecule has 0 saturated heterocycles. The number of ether oxygens (including phenoxy) is 2. The van der Waals surface area contributed by atoms with E-state index in [0.717, 1.165) is 16.9 Å². The van der Waals surface area contributed by atoms with E-state index >= 15 is 0 Å². The average Bonchev–Trinajstić information content (AvgIpc) is 2.38. The molecular weight excluding hydrogens is 228 g/mol. The normalized spacial score (nSPS) is 16.3. The lowest BCUT2D eigenvalue weighted by Gasteiger charge is -2.19. The first kappa shape index (κ1) is 12.4. The van der Waals surface area contributed by atoms with Crippen LogP contribution in [0.25, 0.3) is 5.57 Å². The van der Waals surface area contributed by atoms with Crippen LogP contribution in [0.5, 0.6) is 5.75 Å².